The molecule has 0 aliphatic heterocycles. The van der Waals surface area contributed by atoms with Crippen molar-refractivity contribution in [3.05, 3.63) is 99.5 Å². The summed E-state index contributed by atoms with van der Waals surface area (Å²) in [5.41, 5.74) is 3.01. The molecule has 0 spiro atoms. The Bertz CT molecular complexity index is 1340. The van der Waals surface area contributed by atoms with Crippen molar-refractivity contribution in [3.63, 3.8) is 0 Å². The first-order chi connectivity index (χ1) is 14.8. The highest BCUT2D eigenvalue weighted by Gasteiger charge is 2.18. The zero-order valence-electron chi connectivity index (χ0n) is 17.0. The molecule has 1 heterocycles. The Morgan fingerprint density at radius 2 is 1.77 bits per heavy atom. The van der Waals surface area contributed by atoms with Crippen LogP contribution in [0.15, 0.2) is 75.9 Å². The molecular formula is C25H20FNO4. The van der Waals surface area contributed by atoms with Crippen LogP contribution in [0.25, 0.3) is 22.3 Å². The van der Waals surface area contributed by atoms with Crippen molar-refractivity contribution in [2.45, 2.75) is 19.9 Å². The van der Waals surface area contributed by atoms with Crippen LogP contribution < -0.4 is 10.7 Å². The molecular weight excluding hydrogens is 397 g/mol. The first-order valence-corrected chi connectivity index (χ1v) is 9.76. The van der Waals surface area contributed by atoms with Gasteiger partial charge in [-0.3, -0.25) is 4.79 Å². The van der Waals surface area contributed by atoms with Gasteiger partial charge in [0.25, 0.3) is 0 Å². The average Bonchev–Trinajstić information content (AvgIpc) is 2.74. The zero-order chi connectivity index (χ0) is 22.1. The van der Waals surface area contributed by atoms with E-state index in [0.29, 0.717) is 28.0 Å². The molecule has 0 aliphatic rings. The molecule has 0 radical (unpaired) electrons. The van der Waals surface area contributed by atoms with Crippen LogP contribution in [-0.4, -0.2) is 11.1 Å². The van der Waals surface area contributed by atoms with Crippen molar-refractivity contribution >= 4 is 22.6 Å². The van der Waals surface area contributed by atoms with Crippen molar-refractivity contribution < 1.29 is 18.7 Å². The third-order valence-corrected chi connectivity index (χ3v) is 5.13. The number of carboxylic acid groups (broad SMARTS) is 1. The summed E-state index contributed by atoms with van der Waals surface area (Å²) in [7, 11) is 0. The Morgan fingerprint density at radius 1 is 1.06 bits per heavy atom. The van der Waals surface area contributed by atoms with Crippen LogP contribution in [0.5, 0.6) is 0 Å². The molecule has 6 heteroatoms. The van der Waals surface area contributed by atoms with Gasteiger partial charge in [0, 0.05) is 22.9 Å². The van der Waals surface area contributed by atoms with Gasteiger partial charge in [-0.15, -0.1) is 0 Å². The molecule has 1 atom stereocenters. The number of benzene rings is 3. The van der Waals surface area contributed by atoms with Crippen molar-refractivity contribution in [2.24, 2.45) is 0 Å². The minimum Gasteiger partial charge on any atom is -0.478 e. The van der Waals surface area contributed by atoms with Crippen LogP contribution in [0.4, 0.5) is 10.1 Å². The number of anilines is 1. The smallest absolute Gasteiger partial charge is 0.337 e. The van der Waals surface area contributed by atoms with E-state index in [4.69, 9.17) is 4.42 Å². The molecule has 156 valence electrons. The molecule has 31 heavy (non-hydrogen) atoms. The fraction of sp³-hybridized carbons (Fsp3) is 0.120. The van der Waals surface area contributed by atoms with E-state index in [1.54, 1.807) is 36.4 Å². The lowest BCUT2D eigenvalue weighted by Crippen LogP contribution is -2.12. The van der Waals surface area contributed by atoms with Crippen molar-refractivity contribution in [1.82, 2.24) is 0 Å². The van der Waals surface area contributed by atoms with E-state index in [1.165, 1.54) is 24.3 Å². The average molecular weight is 417 g/mol. The quantitative estimate of drug-likeness (QED) is 0.430. The van der Waals surface area contributed by atoms with Crippen LogP contribution >= 0.6 is 0 Å². The standard InChI is InChI=1S/C25H20FNO4/c1-14-11-19(15(2)27-21-6-4-3-5-18(21)25(29)30)24-20(12-14)22(28)13-23(31-24)16-7-9-17(26)10-8-16/h3-13,15,27H,1-2H3,(H,29,30). The number of carbonyl (C=O) groups is 1. The molecule has 2 N–H and O–H groups in total. The van der Waals surface area contributed by atoms with Crippen molar-refractivity contribution in [3.8, 4) is 11.3 Å². The van der Waals surface area contributed by atoms with E-state index >= 15 is 0 Å². The van der Waals surface area contributed by atoms with Gasteiger partial charge in [0.2, 0.25) is 0 Å². The monoisotopic (exact) mass is 417 g/mol. The Labute approximate surface area is 177 Å². The van der Waals surface area contributed by atoms with Crippen molar-refractivity contribution in [1.29, 1.82) is 0 Å². The van der Waals surface area contributed by atoms with Gasteiger partial charge < -0.3 is 14.8 Å². The van der Waals surface area contributed by atoms with Crippen LogP contribution in [-0.2, 0) is 0 Å². The molecule has 0 bridgehead atoms. The molecule has 0 saturated carbocycles. The van der Waals surface area contributed by atoms with Gasteiger partial charge in [-0.05, 0) is 61.9 Å². The Hall–Kier alpha value is -3.93. The maximum atomic E-state index is 13.3. The molecule has 0 saturated heterocycles. The summed E-state index contributed by atoms with van der Waals surface area (Å²) >= 11 is 0. The van der Waals surface area contributed by atoms with E-state index in [2.05, 4.69) is 5.32 Å². The minimum atomic E-state index is -1.03. The van der Waals surface area contributed by atoms with Crippen molar-refractivity contribution in [2.75, 3.05) is 5.32 Å². The molecule has 5 nitrogen and oxygen atoms in total. The van der Waals surface area contributed by atoms with E-state index in [1.807, 2.05) is 19.9 Å². The second-order valence-corrected chi connectivity index (χ2v) is 7.43. The molecule has 1 aromatic heterocycles. The maximum absolute atomic E-state index is 13.3. The second-order valence-electron chi connectivity index (χ2n) is 7.43. The Balaban J connectivity index is 1.84. The summed E-state index contributed by atoms with van der Waals surface area (Å²) in [5.74, 6) is -1.08. The number of para-hydroxylation sites is 1. The lowest BCUT2D eigenvalue weighted by Gasteiger charge is -2.19. The van der Waals surface area contributed by atoms with Gasteiger partial charge >= 0.3 is 5.97 Å². The summed E-state index contributed by atoms with van der Waals surface area (Å²) < 4.78 is 19.4. The van der Waals surface area contributed by atoms with Crippen LogP contribution in [0.3, 0.4) is 0 Å². The summed E-state index contributed by atoms with van der Waals surface area (Å²) in [6.45, 7) is 3.76. The fourth-order valence-electron chi connectivity index (χ4n) is 3.62. The highest BCUT2D eigenvalue weighted by molar-refractivity contribution is 5.94. The summed E-state index contributed by atoms with van der Waals surface area (Å²) in [6.07, 6.45) is 0. The van der Waals surface area contributed by atoms with Crippen LogP contribution in [0, 0.1) is 12.7 Å². The Morgan fingerprint density at radius 3 is 2.48 bits per heavy atom. The summed E-state index contributed by atoms with van der Waals surface area (Å²) in [5, 5.41) is 13.1. The molecule has 0 amide bonds. The molecule has 3 aromatic carbocycles. The Kier molecular flexibility index (Phi) is 5.29. The predicted octanol–water partition coefficient (Wildman–Crippen LogP) is 5.78. The van der Waals surface area contributed by atoms with E-state index in [0.717, 1.165) is 11.1 Å². The SMILES string of the molecule is Cc1cc(C(C)Nc2ccccc2C(=O)O)c2oc(-c3ccc(F)cc3)cc(=O)c2c1. The largest absolute Gasteiger partial charge is 0.478 e. The lowest BCUT2D eigenvalue weighted by atomic mass is 10.00. The predicted molar refractivity (Wildman–Crippen MR) is 118 cm³/mol. The van der Waals surface area contributed by atoms with E-state index in [-0.39, 0.29) is 22.9 Å². The number of aryl methyl sites for hydroxylation is 1. The molecule has 4 rings (SSSR count). The zero-order valence-corrected chi connectivity index (χ0v) is 17.0. The number of rotatable bonds is 5. The number of fused-ring (bicyclic) bond motifs is 1. The van der Waals surface area contributed by atoms with Gasteiger partial charge in [-0.1, -0.05) is 18.2 Å². The minimum absolute atomic E-state index is 0.153. The summed E-state index contributed by atoms with van der Waals surface area (Å²) in [4.78, 5) is 24.4. The number of nitrogens with one attached hydrogen (secondary N) is 1. The number of hydrogen-bond acceptors (Lipinski definition) is 4. The van der Waals surface area contributed by atoms with E-state index < -0.39 is 5.97 Å². The maximum Gasteiger partial charge on any atom is 0.337 e. The normalized spacial score (nSPS) is 12.0. The van der Waals surface area contributed by atoms with E-state index in [9.17, 15) is 19.1 Å². The van der Waals surface area contributed by atoms with Gasteiger partial charge in [-0.25, -0.2) is 9.18 Å². The second kappa shape index (κ2) is 8.07. The fourth-order valence-corrected chi connectivity index (χ4v) is 3.62. The lowest BCUT2D eigenvalue weighted by molar-refractivity contribution is 0.0698. The van der Waals surface area contributed by atoms with Crippen LogP contribution in [0.2, 0.25) is 0 Å². The third kappa shape index (κ3) is 4.05. The van der Waals surface area contributed by atoms with Crippen LogP contribution in [0.1, 0.15) is 34.5 Å². The van der Waals surface area contributed by atoms with Gasteiger partial charge in [-0.2, -0.15) is 0 Å². The number of carboxylic acids is 1. The van der Waals surface area contributed by atoms with Gasteiger partial charge in [0.15, 0.2) is 5.43 Å². The third-order valence-electron chi connectivity index (χ3n) is 5.13. The van der Waals surface area contributed by atoms with Gasteiger partial charge in [0.05, 0.1) is 17.0 Å². The molecule has 0 fully saturated rings. The first-order valence-electron chi connectivity index (χ1n) is 9.76. The summed E-state index contributed by atoms with van der Waals surface area (Å²) in [6, 6.07) is 17.1. The number of aromatic carboxylic acids is 1. The highest BCUT2D eigenvalue weighted by atomic mass is 19.1. The topological polar surface area (TPSA) is 79.5 Å². The first kappa shape index (κ1) is 20.3. The number of hydrogen-bond donors (Lipinski definition) is 2. The molecule has 0 aliphatic carbocycles. The molecule has 1 unspecified atom stereocenters. The number of halogens is 1. The molecule has 4 aromatic rings. The van der Waals surface area contributed by atoms with Gasteiger partial charge in [0.1, 0.15) is 17.2 Å². The highest BCUT2D eigenvalue weighted by Crippen LogP contribution is 2.31.